The van der Waals surface area contributed by atoms with Crippen molar-refractivity contribution in [3.8, 4) is 0 Å². The van der Waals surface area contributed by atoms with Crippen LogP contribution in [0.5, 0.6) is 0 Å². The van der Waals surface area contributed by atoms with Crippen LogP contribution in [0.25, 0.3) is 0 Å². The van der Waals surface area contributed by atoms with Gasteiger partial charge >= 0.3 is 0 Å². The Morgan fingerprint density at radius 3 is 2.48 bits per heavy atom. The van der Waals surface area contributed by atoms with Crippen molar-refractivity contribution in [1.82, 2.24) is 4.57 Å². The first-order valence-corrected chi connectivity index (χ1v) is 9.33. The van der Waals surface area contributed by atoms with Gasteiger partial charge in [0.05, 0.1) is 12.3 Å². The van der Waals surface area contributed by atoms with Gasteiger partial charge in [-0.05, 0) is 11.1 Å². The van der Waals surface area contributed by atoms with Gasteiger partial charge in [-0.1, -0.05) is 40.2 Å². The molecule has 0 spiro atoms. The molecular weight excluding hydrogens is 356 g/mol. The average Bonchev–Trinajstić information content (AvgIpc) is 2.86. The molecule has 5 nitrogen and oxygen atoms in total. The number of rotatable bonds is 7. The number of imidazole rings is 1. The molecule has 0 saturated heterocycles. The number of halogens is 1. The van der Waals surface area contributed by atoms with Crippen LogP contribution in [0, 0.1) is 0 Å². The molecule has 0 atom stereocenters. The van der Waals surface area contributed by atoms with Crippen LogP contribution in [0.3, 0.4) is 0 Å². The largest absolute Gasteiger partial charge is 0.286 e. The molecule has 1 aromatic carbocycles. The Labute approximate surface area is 133 Å². The molecule has 0 aliphatic carbocycles. The Bertz CT molecular complexity index is 680. The summed E-state index contributed by atoms with van der Waals surface area (Å²) in [5.41, 5.74) is 2.45. The summed E-state index contributed by atoms with van der Waals surface area (Å²) in [5.74, 6) is -0.209. The molecule has 0 unspecified atom stereocenters. The number of nitrogens with zero attached hydrogens (tertiary/aromatic N) is 2. The Balaban J connectivity index is 1.90. The predicted octanol–water partition coefficient (Wildman–Crippen LogP) is 2.00. The third-order valence-corrected chi connectivity index (χ3v) is 4.56. The molecule has 2 rings (SSSR count). The van der Waals surface area contributed by atoms with Crippen molar-refractivity contribution in [3.63, 3.8) is 0 Å². The highest BCUT2D eigenvalue weighted by molar-refractivity contribution is 9.08. The maximum absolute atomic E-state index is 10.7. The second-order valence-electron chi connectivity index (χ2n) is 4.91. The van der Waals surface area contributed by atoms with Crippen molar-refractivity contribution < 1.29 is 17.5 Å². The van der Waals surface area contributed by atoms with Crippen LogP contribution in [0.4, 0.5) is 0 Å². The van der Waals surface area contributed by atoms with Crippen LogP contribution in [-0.2, 0) is 28.5 Å². The molecule has 114 valence electrons. The summed E-state index contributed by atoms with van der Waals surface area (Å²) in [6.45, 7) is 1.34. The minimum absolute atomic E-state index is 0.209. The van der Waals surface area contributed by atoms with Gasteiger partial charge in [-0.25, -0.2) is 9.13 Å². The van der Waals surface area contributed by atoms with Gasteiger partial charge in [0.15, 0.2) is 0 Å². The van der Waals surface area contributed by atoms with E-state index in [1.54, 1.807) is 0 Å². The quantitative estimate of drug-likeness (QED) is 0.458. The van der Waals surface area contributed by atoms with Crippen molar-refractivity contribution in [2.45, 2.75) is 24.8 Å². The Morgan fingerprint density at radius 1 is 1.19 bits per heavy atom. The normalized spacial score (nSPS) is 11.7. The number of benzene rings is 1. The fourth-order valence-electron chi connectivity index (χ4n) is 2.04. The highest BCUT2D eigenvalue weighted by Gasteiger charge is 2.08. The zero-order chi connectivity index (χ0) is 15.3. The highest BCUT2D eigenvalue weighted by Crippen LogP contribution is 2.07. The summed E-state index contributed by atoms with van der Waals surface area (Å²) in [4.78, 5) is 0. The lowest BCUT2D eigenvalue weighted by Crippen LogP contribution is -2.31. The summed E-state index contributed by atoms with van der Waals surface area (Å²) in [6.07, 6.45) is 6.18. The van der Waals surface area contributed by atoms with E-state index in [9.17, 15) is 8.42 Å². The van der Waals surface area contributed by atoms with E-state index in [2.05, 4.69) is 40.2 Å². The van der Waals surface area contributed by atoms with Crippen LogP contribution in [0.15, 0.2) is 43.0 Å². The van der Waals surface area contributed by atoms with Gasteiger partial charge in [0.2, 0.25) is 6.33 Å². The zero-order valence-electron chi connectivity index (χ0n) is 11.5. The molecule has 0 amide bonds. The molecule has 0 bridgehead atoms. The Hall–Kier alpha value is -1.18. The summed E-state index contributed by atoms with van der Waals surface area (Å²) in [7, 11) is -3.87. The molecule has 0 aliphatic rings. The van der Waals surface area contributed by atoms with Crippen molar-refractivity contribution in [1.29, 1.82) is 0 Å². The van der Waals surface area contributed by atoms with E-state index in [0.717, 1.165) is 11.9 Å². The van der Waals surface area contributed by atoms with E-state index in [1.807, 2.05) is 27.9 Å². The molecule has 1 heterocycles. The first-order valence-electron chi connectivity index (χ1n) is 6.60. The minimum Gasteiger partial charge on any atom is -0.286 e. The zero-order valence-corrected chi connectivity index (χ0v) is 13.9. The standard InChI is InChI=1S/C14H17BrN2O3S/c15-10-13-2-4-14(5-3-13)11-17-8-7-16(12-17)6-1-9-21(18,19)20/h2-5,7-8,12H,1,6,9-11H2/p+1. The summed E-state index contributed by atoms with van der Waals surface area (Å²) < 4.78 is 34.0. The lowest BCUT2D eigenvalue weighted by atomic mass is 10.1. The van der Waals surface area contributed by atoms with Gasteiger partial charge in [0.1, 0.15) is 18.9 Å². The van der Waals surface area contributed by atoms with E-state index in [1.165, 1.54) is 11.1 Å². The van der Waals surface area contributed by atoms with Gasteiger partial charge in [-0.15, -0.1) is 0 Å². The summed E-state index contributed by atoms with van der Waals surface area (Å²) in [5, 5.41) is 0.852. The third kappa shape index (κ3) is 5.61. The van der Waals surface area contributed by atoms with E-state index < -0.39 is 10.1 Å². The fraction of sp³-hybridized carbons (Fsp3) is 0.357. The van der Waals surface area contributed by atoms with Gasteiger partial charge in [-0.3, -0.25) is 4.55 Å². The van der Waals surface area contributed by atoms with Crippen LogP contribution in [0.2, 0.25) is 0 Å². The Kier molecular flexibility index (Phi) is 5.55. The third-order valence-electron chi connectivity index (χ3n) is 3.11. The molecule has 0 saturated carbocycles. The number of alkyl halides is 1. The van der Waals surface area contributed by atoms with Crippen molar-refractivity contribution in [3.05, 3.63) is 54.1 Å². The number of hydrogen-bond acceptors (Lipinski definition) is 2. The second kappa shape index (κ2) is 7.20. The van der Waals surface area contributed by atoms with Gasteiger partial charge in [0, 0.05) is 11.8 Å². The second-order valence-corrected chi connectivity index (χ2v) is 7.05. The molecule has 0 fully saturated rings. The number of aromatic nitrogens is 2. The van der Waals surface area contributed by atoms with E-state index in [4.69, 9.17) is 4.55 Å². The molecule has 21 heavy (non-hydrogen) atoms. The van der Waals surface area contributed by atoms with Crippen LogP contribution >= 0.6 is 15.9 Å². The monoisotopic (exact) mass is 373 g/mol. The number of aryl methyl sites for hydroxylation is 1. The lowest BCUT2D eigenvalue weighted by Gasteiger charge is -2.00. The molecular formula is C14H18BrN2O3S+. The maximum atomic E-state index is 10.7. The van der Waals surface area contributed by atoms with Crippen molar-refractivity contribution in [2.75, 3.05) is 5.75 Å². The van der Waals surface area contributed by atoms with E-state index in [-0.39, 0.29) is 5.75 Å². The highest BCUT2D eigenvalue weighted by atomic mass is 79.9. The van der Waals surface area contributed by atoms with Crippen molar-refractivity contribution >= 4 is 26.0 Å². The molecule has 0 radical (unpaired) electrons. The smallest absolute Gasteiger partial charge is 0.265 e. The SMILES string of the molecule is O=S(=O)(O)CCCn1cc[n+](Cc2ccc(CBr)cc2)c1. The van der Waals surface area contributed by atoms with Crippen molar-refractivity contribution in [2.24, 2.45) is 0 Å². The fourth-order valence-corrected chi connectivity index (χ4v) is 2.91. The lowest BCUT2D eigenvalue weighted by molar-refractivity contribution is -0.687. The van der Waals surface area contributed by atoms with E-state index in [0.29, 0.717) is 13.0 Å². The Morgan fingerprint density at radius 2 is 1.86 bits per heavy atom. The molecule has 7 heteroatoms. The van der Waals surface area contributed by atoms with Crippen LogP contribution in [0.1, 0.15) is 17.5 Å². The topological polar surface area (TPSA) is 63.2 Å². The van der Waals surface area contributed by atoms with Crippen LogP contribution in [-0.4, -0.2) is 23.3 Å². The summed E-state index contributed by atoms with van der Waals surface area (Å²) in [6, 6.07) is 8.38. The predicted molar refractivity (Wildman–Crippen MR) is 83.8 cm³/mol. The minimum atomic E-state index is -3.87. The van der Waals surface area contributed by atoms with Gasteiger partial charge in [0.25, 0.3) is 10.1 Å². The molecule has 2 aromatic rings. The molecule has 0 aliphatic heterocycles. The average molecular weight is 374 g/mol. The first-order chi connectivity index (χ1) is 9.96. The number of hydrogen-bond donors (Lipinski definition) is 1. The van der Waals surface area contributed by atoms with Gasteiger partial charge in [-0.2, -0.15) is 8.42 Å². The van der Waals surface area contributed by atoms with E-state index >= 15 is 0 Å². The van der Waals surface area contributed by atoms with Crippen LogP contribution < -0.4 is 4.57 Å². The molecule has 1 N–H and O–H groups in total. The first kappa shape index (κ1) is 16.2. The molecule has 1 aromatic heterocycles. The maximum Gasteiger partial charge on any atom is 0.265 e. The van der Waals surface area contributed by atoms with Gasteiger partial charge < -0.3 is 0 Å². The summed E-state index contributed by atoms with van der Waals surface area (Å²) >= 11 is 3.42.